The minimum absolute atomic E-state index is 0.669. The second kappa shape index (κ2) is 5.01. The van der Waals surface area contributed by atoms with Crippen molar-refractivity contribution in [1.29, 1.82) is 0 Å². The van der Waals surface area contributed by atoms with E-state index in [1.165, 1.54) is 5.56 Å². The molecule has 0 amide bonds. The zero-order valence-corrected chi connectivity index (χ0v) is 10.2. The Labute approximate surface area is 101 Å². The third kappa shape index (κ3) is 2.85. The molecule has 90 valence electrons. The van der Waals surface area contributed by atoms with Gasteiger partial charge in [-0.1, -0.05) is 12.1 Å². The van der Waals surface area contributed by atoms with E-state index in [1.807, 2.05) is 32.3 Å². The molecule has 0 spiro atoms. The lowest BCUT2D eigenvalue weighted by Crippen LogP contribution is -2.02. The zero-order chi connectivity index (χ0) is 12.3. The van der Waals surface area contributed by atoms with Crippen LogP contribution in [0.3, 0.4) is 0 Å². The average molecular weight is 231 g/mol. The van der Waals surface area contributed by atoms with Crippen LogP contribution in [-0.2, 0) is 13.5 Å². The molecular formula is C13H17N3O. The van der Waals surface area contributed by atoms with Crippen molar-refractivity contribution in [3.8, 4) is 11.5 Å². The predicted molar refractivity (Wildman–Crippen MR) is 67.2 cm³/mol. The molecule has 4 heteroatoms. The highest BCUT2D eigenvalue weighted by Crippen LogP contribution is 2.25. The first kappa shape index (κ1) is 11.7. The molecule has 4 nitrogen and oxygen atoms in total. The molecule has 0 aliphatic rings. The van der Waals surface area contributed by atoms with Gasteiger partial charge in [-0.2, -0.15) is 5.10 Å². The van der Waals surface area contributed by atoms with Gasteiger partial charge in [0.2, 0.25) is 0 Å². The summed E-state index contributed by atoms with van der Waals surface area (Å²) >= 11 is 0. The Bertz CT molecular complexity index is 505. The van der Waals surface area contributed by atoms with E-state index < -0.39 is 0 Å². The fraction of sp³-hybridized carbons (Fsp3) is 0.308. The average Bonchev–Trinajstić information content (AvgIpc) is 2.69. The summed E-state index contributed by atoms with van der Waals surface area (Å²) in [5.74, 6) is 1.61. The van der Waals surface area contributed by atoms with Crippen LogP contribution in [0, 0.1) is 6.92 Å². The van der Waals surface area contributed by atoms with Gasteiger partial charge in [0.1, 0.15) is 5.75 Å². The van der Waals surface area contributed by atoms with Crippen LogP contribution in [0.4, 0.5) is 0 Å². The quantitative estimate of drug-likeness (QED) is 0.875. The second-order valence-corrected chi connectivity index (χ2v) is 4.09. The van der Waals surface area contributed by atoms with Crippen molar-refractivity contribution in [2.75, 3.05) is 6.54 Å². The molecule has 2 aromatic rings. The van der Waals surface area contributed by atoms with Crippen molar-refractivity contribution in [2.24, 2.45) is 12.8 Å². The summed E-state index contributed by atoms with van der Waals surface area (Å²) < 4.78 is 7.46. The van der Waals surface area contributed by atoms with Crippen LogP contribution >= 0.6 is 0 Å². The highest BCUT2D eigenvalue weighted by molar-refractivity contribution is 5.38. The van der Waals surface area contributed by atoms with Crippen molar-refractivity contribution >= 4 is 0 Å². The van der Waals surface area contributed by atoms with Gasteiger partial charge >= 0.3 is 0 Å². The van der Waals surface area contributed by atoms with Gasteiger partial charge in [-0.25, -0.2) is 0 Å². The van der Waals surface area contributed by atoms with Gasteiger partial charge in [0.05, 0.1) is 12.4 Å². The standard InChI is InChI=1S/C13H17N3O/c1-10-7-11(5-6-14)3-4-13(10)17-12-8-15-16(2)9-12/h3-4,7-9H,5-6,14H2,1-2H3. The number of nitrogens with zero attached hydrogens (tertiary/aromatic N) is 2. The Hall–Kier alpha value is -1.81. The fourth-order valence-electron chi connectivity index (χ4n) is 1.73. The Morgan fingerprint density at radius 1 is 1.41 bits per heavy atom. The molecule has 0 saturated carbocycles. The van der Waals surface area contributed by atoms with Crippen LogP contribution in [0.1, 0.15) is 11.1 Å². The van der Waals surface area contributed by atoms with Crippen molar-refractivity contribution in [1.82, 2.24) is 9.78 Å². The Morgan fingerprint density at radius 3 is 2.82 bits per heavy atom. The second-order valence-electron chi connectivity index (χ2n) is 4.09. The highest BCUT2D eigenvalue weighted by atomic mass is 16.5. The number of aryl methyl sites for hydroxylation is 2. The van der Waals surface area contributed by atoms with Crippen LogP contribution in [0.2, 0.25) is 0 Å². The van der Waals surface area contributed by atoms with Gasteiger partial charge in [-0.3, -0.25) is 4.68 Å². The molecular weight excluding hydrogens is 214 g/mol. The number of benzene rings is 1. The van der Waals surface area contributed by atoms with Crippen molar-refractivity contribution in [2.45, 2.75) is 13.3 Å². The van der Waals surface area contributed by atoms with Gasteiger partial charge in [-0.15, -0.1) is 0 Å². The van der Waals surface area contributed by atoms with Gasteiger partial charge in [0, 0.05) is 7.05 Å². The first-order chi connectivity index (χ1) is 8.19. The van der Waals surface area contributed by atoms with E-state index in [2.05, 4.69) is 11.2 Å². The number of aromatic nitrogens is 2. The lowest BCUT2D eigenvalue weighted by atomic mass is 10.1. The zero-order valence-electron chi connectivity index (χ0n) is 10.2. The van der Waals surface area contributed by atoms with Crippen LogP contribution in [0.15, 0.2) is 30.6 Å². The maximum Gasteiger partial charge on any atom is 0.165 e. The van der Waals surface area contributed by atoms with E-state index in [-0.39, 0.29) is 0 Å². The molecule has 1 aromatic carbocycles. The number of hydrogen-bond donors (Lipinski definition) is 1. The number of rotatable bonds is 4. The van der Waals surface area contributed by atoms with Crippen molar-refractivity contribution < 1.29 is 4.74 Å². The van der Waals surface area contributed by atoms with E-state index in [4.69, 9.17) is 10.5 Å². The van der Waals surface area contributed by atoms with E-state index in [0.717, 1.165) is 23.5 Å². The van der Waals surface area contributed by atoms with Gasteiger partial charge in [0.25, 0.3) is 0 Å². The van der Waals surface area contributed by atoms with E-state index in [1.54, 1.807) is 10.9 Å². The summed E-state index contributed by atoms with van der Waals surface area (Å²) in [6.07, 6.45) is 4.44. The van der Waals surface area contributed by atoms with Gasteiger partial charge < -0.3 is 10.5 Å². The summed E-state index contributed by atoms with van der Waals surface area (Å²) in [7, 11) is 1.87. The molecule has 0 aliphatic carbocycles. The molecule has 0 bridgehead atoms. The number of ether oxygens (including phenoxy) is 1. The SMILES string of the molecule is Cc1cc(CCN)ccc1Oc1cnn(C)c1. The maximum atomic E-state index is 5.75. The van der Waals surface area contributed by atoms with Crippen LogP contribution in [0.25, 0.3) is 0 Å². The monoisotopic (exact) mass is 231 g/mol. The molecule has 0 radical (unpaired) electrons. The summed E-state index contributed by atoms with van der Waals surface area (Å²) in [4.78, 5) is 0. The molecule has 0 saturated heterocycles. The molecule has 0 atom stereocenters. The third-order valence-electron chi connectivity index (χ3n) is 2.58. The first-order valence-corrected chi connectivity index (χ1v) is 5.65. The summed E-state index contributed by atoms with van der Waals surface area (Å²) in [6, 6.07) is 6.14. The highest BCUT2D eigenvalue weighted by Gasteiger charge is 2.04. The summed E-state index contributed by atoms with van der Waals surface area (Å²) in [5.41, 5.74) is 7.88. The summed E-state index contributed by atoms with van der Waals surface area (Å²) in [5, 5.41) is 4.06. The van der Waals surface area contributed by atoms with Gasteiger partial charge in [0.15, 0.2) is 5.75 Å². The molecule has 1 heterocycles. The largest absolute Gasteiger partial charge is 0.454 e. The van der Waals surface area contributed by atoms with Crippen LogP contribution < -0.4 is 10.5 Å². The minimum Gasteiger partial charge on any atom is -0.454 e. The molecule has 0 unspecified atom stereocenters. The molecule has 0 aliphatic heterocycles. The van der Waals surface area contributed by atoms with E-state index >= 15 is 0 Å². The Balaban J connectivity index is 2.16. The fourth-order valence-corrected chi connectivity index (χ4v) is 1.73. The van der Waals surface area contributed by atoms with E-state index in [9.17, 15) is 0 Å². The molecule has 0 fully saturated rings. The van der Waals surface area contributed by atoms with Crippen LogP contribution in [-0.4, -0.2) is 16.3 Å². The summed E-state index contributed by atoms with van der Waals surface area (Å²) in [6.45, 7) is 2.70. The predicted octanol–water partition coefficient (Wildman–Crippen LogP) is 2.02. The van der Waals surface area contributed by atoms with Crippen molar-refractivity contribution in [3.63, 3.8) is 0 Å². The van der Waals surface area contributed by atoms with Crippen molar-refractivity contribution in [3.05, 3.63) is 41.7 Å². The van der Waals surface area contributed by atoms with Gasteiger partial charge in [-0.05, 0) is 37.1 Å². The van der Waals surface area contributed by atoms with E-state index in [0.29, 0.717) is 6.54 Å². The molecule has 17 heavy (non-hydrogen) atoms. The molecule has 1 aromatic heterocycles. The number of nitrogens with two attached hydrogens (primary N) is 1. The normalized spacial score (nSPS) is 10.5. The minimum atomic E-state index is 0.669. The Morgan fingerprint density at radius 2 is 2.24 bits per heavy atom. The first-order valence-electron chi connectivity index (χ1n) is 5.65. The molecule has 2 rings (SSSR count). The Kier molecular flexibility index (Phi) is 3.44. The third-order valence-corrected chi connectivity index (χ3v) is 2.58. The topological polar surface area (TPSA) is 53.1 Å². The smallest absolute Gasteiger partial charge is 0.165 e. The maximum absolute atomic E-state index is 5.75. The lowest BCUT2D eigenvalue weighted by Gasteiger charge is -2.08. The molecule has 2 N–H and O–H groups in total. The number of hydrogen-bond acceptors (Lipinski definition) is 3. The van der Waals surface area contributed by atoms with Crippen LogP contribution in [0.5, 0.6) is 11.5 Å². The lowest BCUT2D eigenvalue weighted by molar-refractivity contribution is 0.478.